The Hall–Kier alpha value is -4.28. The SMILES string of the molecule is Nc1c(N=Nc2ccc(S(=O)(=O)CCOS(=O)(=O)O)cc2)cc2c(O)c(N=Nc3ccc(S(=O)(=O)CCOS(=O)(=O)O)cc3)c(SOOO)cc2c1S(=O)(=O)O. The van der Waals surface area contributed by atoms with Crippen molar-refractivity contribution in [3.8, 4) is 5.75 Å². The molecule has 0 amide bonds. The number of anilines is 1. The first-order valence-corrected chi connectivity index (χ1v) is 22.6. The zero-order valence-corrected chi connectivity index (χ0v) is 32.3. The lowest BCUT2D eigenvalue weighted by atomic mass is 10.1. The second-order valence-corrected chi connectivity index (χ2v) is 19.0. The lowest BCUT2D eigenvalue weighted by Gasteiger charge is -2.14. The van der Waals surface area contributed by atoms with Gasteiger partial charge in [0.2, 0.25) is 0 Å². The molecule has 30 heteroatoms. The van der Waals surface area contributed by atoms with Gasteiger partial charge >= 0.3 is 20.8 Å². The lowest BCUT2D eigenvalue weighted by Crippen LogP contribution is -2.15. The molecule has 0 saturated heterocycles. The molecule has 0 spiro atoms. The van der Waals surface area contributed by atoms with Gasteiger partial charge in [-0.05, 0) is 60.7 Å². The highest BCUT2D eigenvalue weighted by Crippen LogP contribution is 2.48. The highest BCUT2D eigenvalue weighted by atomic mass is 32.3. The maximum atomic E-state index is 12.6. The maximum absolute atomic E-state index is 12.6. The van der Waals surface area contributed by atoms with Crippen LogP contribution in [0.1, 0.15) is 0 Å². The van der Waals surface area contributed by atoms with Crippen molar-refractivity contribution in [3.05, 3.63) is 60.7 Å². The fourth-order valence-corrected chi connectivity index (χ4v) is 8.72. The molecule has 4 aromatic rings. The highest BCUT2D eigenvalue weighted by molar-refractivity contribution is 7.94. The van der Waals surface area contributed by atoms with Crippen molar-refractivity contribution in [1.29, 1.82) is 0 Å². The standard InChI is InChI=1S/C26H25N5O19S6/c27-23-21(30-28-15-1-5-17(6-2-15)52(34,35)11-9-47-55(41,42)43)13-19-20(26(23)54(38,39)40)14-22(51-50-49-33)24(25(19)32)31-29-16-3-7-18(8-4-16)53(36,37)12-10-48-56(44,45)46/h1-8,13-14,32-33H,9-12,27H2,(H,38,39,40)(H,41,42,43)(H,44,45,46). The molecule has 304 valence electrons. The van der Waals surface area contributed by atoms with E-state index in [-0.39, 0.29) is 43.5 Å². The summed E-state index contributed by atoms with van der Waals surface area (Å²) in [7, 11) is -23.1. The van der Waals surface area contributed by atoms with Crippen LogP contribution in [0.25, 0.3) is 10.8 Å². The summed E-state index contributed by atoms with van der Waals surface area (Å²) in [6, 6.07) is 11.0. The number of phenolic OH excluding ortho intramolecular Hbond substituents is 1. The molecule has 4 aromatic carbocycles. The van der Waals surface area contributed by atoms with Gasteiger partial charge in [-0.15, -0.1) is 14.6 Å². The summed E-state index contributed by atoms with van der Waals surface area (Å²) in [5.41, 5.74) is 4.42. The van der Waals surface area contributed by atoms with Gasteiger partial charge < -0.3 is 10.8 Å². The average molecular weight is 904 g/mol. The number of nitrogens with two attached hydrogens (primary N) is 1. The monoisotopic (exact) mass is 903 g/mol. The van der Waals surface area contributed by atoms with Gasteiger partial charge in [0.15, 0.2) is 25.4 Å². The van der Waals surface area contributed by atoms with Crippen LogP contribution in [0.5, 0.6) is 5.75 Å². The Labute approximate surface area is 321 Å². The van der Waals surface area contributed by atoms with Crippen molar-refractivity contribution in [2.45, 2.75) is 19.6 Å². The Kier molecular flexibility index (Phi) is 13.9. The van der Waals surface area contributed by atoms with Crippen LogP contribution in [-0.2, 0) is 68.3 Å². The van der Waals surface area contributed by atoms with Crippen LogP contribution in [0, 0.1) is 0 Å². The van der Waals surface area contributed by atoms with E-state index >= 15 is 0 Å². The van der Waals surface area contributed by atoms with Gasteiger partial charge in [0, 0.05) is 10.8 Å². The van der Waals surface area contributed by atoms with E-state index in [1.165, 1.54) is 0 Å². The lowest BCUT2D eigenvalue weighted by molar-refractivity contribution is -0.432. The fraction of sp³-hybridized carbons (Fsp3) is 0.154. The zero-order valence-electron chi connectivity index (χ0n) is 27.4. The van der Waals surface area contributed by atoms with Crippen molar-refractivity contribution in [1.82, 2.24) is 0 Å². The number of phenols is 1. The minimum absolute atomic E-state index is 0.0245. The van der Waals surface area contributed by atoms with Gasteiger partial charge in [-0.2, -0.15) is 35.5 Å². The van der Waals surface area contributed by atoms with Crippen LogP contribution < -0.4 is 5.73 Å². The van der Waals surface area contributed by atoms with Crippen LogP contribution in [0.4, 0.5) is 28.4 Å². The number of benzene rings is 4. The van der Waals surface area contributed by atoms with E-state index in [1.54, 1.807) is 0 Å². The third-order valence-electron chi connectivity index (χ3n) is 6.84. The first kappa shape index (κ1) is 44.4. The minimum Gasteiger partial charge on any atom is -0.505 e. The molecule has 0 aliphatic carbocycles. The Morgan fingerprint density at radius 2 is 1.11 bits per heavy atom. The molecule has 0 aromatic heterocycles. The van der Waals surface area contributed by atoms with E-state index in [2.05, 4.69) is 38.2 Å². The normalized spacial score (nSPS) is 13.3. The van der Waals surface area contributed by atoms with Gasteiger partial charge in [-0.1, -0.05) is 5.04 Å². The predicted octanol–water partition coefficient (Wildman–Crippen LogP) is 3.82. The smallest absolute Gasteiger partial charge is 0.397 e. The number of hydrogen-bond donors (Lipinski definition) is 6. The third-order valence-corrected chi connectivity index (χ3v) is 12.7. The zero-order chi connectivity index (χ0) is 41.7. The number of fused-ring (bicyclic) bond motifs is 1. The summed E-state index contributed by atoms with van der Waals surface area (Å²) in [6.45, 7) is -1.75. The summed E-state index contributed by atoms with van der Waals surface area (Å²) in [6.07, 6.45) is 0. The summed E-state index contributed by atoms with van der Waals surface area (Å²) >= 11 is 0.187. The molecular formula is C26H25N5O19S6. The molecule has 7 N–H and O–H groups in total. The van der Waals surface area contributed by atoms with Crippen LogP contribution >= 0.6 is 12.0 Å². The number of nitrogens with zero attached hydrogens (tertiary/aromatic N) is 4. The predicted molar refractivity (Wildman–Crippen MR) is 191 cm³/mol. The minimum atomic E-state index is -5.21. The topological polar surface area (TPSA) is 384 Å². The summed E-state index contributed by atoms with van der Waals surface area (Å²) < 4.78 is 158. The van der Waals surface area contributed by atoms with Crippen LogP contribution in [-0.4, -0.2) is 90.8 Å². The highest BCUT2D eigenvalue weighted by Gasteiger charge is 2.26. The summed E-state index contributed by atoms with van der Waals surface area (Å²) in [5, 5.41) is 38.4. The van der Waals surface area contributed by atoms with Crippen LogP contribution in [0.3, 0.4) is 0 Å². The molecule has 0 atom stereocenters. The third kappa shape index (κ3) is 11.9. The summed E-state index contributed by atoms with van der Waals surface area (Å²) in [4.78, 5) is -1.85. The molecule has 0 aliphatic rings. The van der Waals surface area contributed by atoms with E-state index in [1.807, 2.05) is 0 Å². The number of nitrogen functional groups attached to an aromatic ring is 1. The van der Waals surface area contributed by atoms with E-state index in [0.717, 1.165) is 60.7 Å². The molecule has 0 aliphatic heterocycles. The maximum Gasteiger partial charge on any atom is 0.397 e. The second kappa shape index (κ2) is 17.5. The van der Waals surface area contributed by atoms with Crippen molar-refractivity contribution < 1.29 is 83.8 Å². The first-order valence-electron chi connectivity index (χ1n) is 14.4. The Morgan fingerprint density at radius 1 is 0.643 bits per heavy atom. The van der Waals surface area contributed by atoms with E-state index in [4.69, 9.17) is 20.1 Å². The number of aromatic hydroxyl groups is 1. The quantitative estimate of drug-likeness (QED) is 0.0206. The van der Waals surface area contributed by atoms with Crippen LogP contribution in [0.15, 0.2) is 101 Å². The number of hydrogen-bond acceptors (Lipinski definition) is 22. The van der Waals surface area contributed by atoms with Gasteiger partial charge in [-0.25, -0.2) is 30.5 Å². The van der Waals surface area contributed by atoms with Gasteiger partial charge in [0.05, 0.1) is 68.5 Å². The van der Waals surface area contributed by atoms with Crippen molar-refractivity contribution >= 4 is 102 Å². The van der Waals surface area contributed by atoms with Crippen molar-refractivity contribution in [3.63, 3.8) is 0 Å². The van der Waals surface area contributed by atoms with Crippen molar-refractivity contribution in [2.75, 3.05) is 30.5 Å². The Morgan fingerprint density at radius 3 is 1.54 bits per heavy atom. The molecule has 56 heavy (non-hydrogen) atoms. The Bertz CT molecular complexity index is 2750. The molecule has 24 nitrogen and oxygen atoms in total. The fourth-order valence-electron chi connectivity index (χ4n) is 4.42. The van der Waals surface area contributed by atoms with E-state index in [0.29, 0.717) is 0 Å². The van der Waals surface area contributed by atoms with E-state index in [9.17, 15) is 51.7 Å². The average Bonchev–Trinajstić information content (AvgIpc) is 3.08. The first-order chi connectivity index (χ1) is 25.9. The molecule has 0 unspecified atom stereocenters. The van der Waals surface area contributed by atoms with Gasteiger partial charge in [0.25, 0.3) is 10.1 Å². The largest absolute Gasteiger partial charge is 0.505 e. The van der Waals surface area contributed by atoms with Crippen LogP contribution in [0.2, 0.25) is 0 Å². The molecular weight excluding hydrogens is 879 g/mol. The molecule has 0 heterocycles. The molecule has 0 bridgehead atoms. The Balaban J connectivity index is 1.73. The van der Waals surface area contributed by atoms with E-state index < -0.39 is 108 Å². The molecule has 0 saturated carbocycles. The second-order valence-electron chi connectivity index (χ2n) is 10.5. The molecule has 0 radical (unpaired) electrons. The van der Waals surface area contributed by atoms with Crippen molar-refractivity contribution in [2.24, 2.45) is 20.5 Å². The summed E-state index contributed by atoms with van der Waals surface area (Å²) in [5.74, 6) is -2.47. The number of azo groups is 2. The van der Waals surface area contributed by atoms with Gasteiger partial charge in [-0.3, -0.25) is 13.7 Å². The number of sulfone groups is 2. The molecule has 0 fully saturated rings. The molecule has 4 rings (SSSR count). The number of rotatable bonds is 18. The van der Waals surface area contributed by atoms with Gasteiger partial charge in [0.1, 0.15) is 16.3 Å².